The highest BCUT2D eigenvalue weighted by Crippen LogP contribution is 2.24. The second-order valence-electron chi connectivity index (χ2n) is 7.55. The number of anilines is 1. The Morgan fingerprint density at radius 3 is 2.50 bits per heavy atom. The van der Waals surface area contributed by atoms with E-state index in [0.717, 1.165) is 12.1 Å². The zero-order chi connectivity index (χ0) is 25.6. The molecule has 1 aliphatic rings. The summed E-state index contributed by atoms with van der Waals surface area (Å²) in [5.41, 5.74) is -0.567. The first-order chi connectivity index (χ1) is 15.8. The van der Waals surface area contributed by atoms with Crippen molar-refractivity contribution >= 4 is 46.9 Å². The van der Waals surface area contributed by atoms with Gasteiger partial charge in [-0.05, 0) is 38.0 Å². The summed E-state index contributed by atoms with van der Waals surface area (Å²) < 4.78 is 40.9. The zero-order valence-electron chi connectivity index (χ0n) is 18.0. The monoisotopic (exact) mass is 506 g/mol. The number of Topliss-reactive ketones (excluding diaryl/α,β-unsaturated/α-hetero) is 1. The maximum Gasteiger partial charge on any atom is 0.422 e. The van der Waals surface area contributed by atoms with Gasteiger partial charge in [0.2, 0.25) is 11.7 Å². The van der Waals surface area contributed by atoms with Gasteiger partial charge in [-0.25, -0.2) is 4.79 Å². The van der Waals surface area contributed by atoms with Crippen molar-refractivity contribution in [3.63, 3.8) is 0 Å². The van der Waals surface area contributed by atoms with Crippen LogP contribution >= 0.6 is 11.6 Å². The van der Waals surface area contributed by atoms with Gasteiger partial charge in [-0.3, -0.25) is 24.5 Å². The normalized spacial score (nSPS) is 18.5. The summed E-state index contributed by atoms with van der Waals surface area (Å²) in [6.07, 6.45) is -6.04. The Hall–Kier alpha value is -3.35. The largest absolute Gasteiger partial charge is 0.440 e. The Balaban J connectivity index is 2.24. The van der Waals surface area contributed by atoms with E-state index in [2.05, 4.69) is 20.7 Å². The number of halogens is 4. The van der Waals surface area contributed by atoms with E-state index in [0.29, 0.717) is 6.42 Å². The maximum absolute atomic E-state index is 12.9. The number of likely N-dealkylation sites (N-methyl/N-ethyl adjacent to an activating group) is 1. The van der Waals surface area contributed by atoms with Crippen LogP contribution in [0.4, 0.5) is 23.7 Å². The van der Waals surface area contributed by atoms with Crippen molar-refractivity contribution in [2.24, 2.45) is 5.92 Å². The minimum Gasteiger partial charge on any atom is -0.440 e. The molecule has 1 aromatic rings. The molecule has 1 heterocycles. The van der Waals surface area contributed by atoms with Crippen LogP contribution in [0.3, 0.4) is 0 Å². The molecule has 2 rings (SSSR count). The molecule has 1 unspecified atom stereocenters. The second kappa shape index (κ2) is 11.2. The fourth-order valence-electron chi connectivity index (χ4n) is 3.30. The molecular weight excluding hydrogens is 485 g/mol. The molecular formula is C20H22ClF3N4O6. The summed E-state index contributed by atoms with van der Waals surface area (Å²) in [5, 5.41) is 9.22. The molecule has 34 heavy (non-hydrogen) atoms. The standard InChI is InChI=1S/C20H22ClF3N4O6/c1-9-5-10(16(30)26-9)6-14(15(29)18(32)25-2)27-17(31)12-7-11(21)3-4-13(12)28-19(33)34-8-20(22,23)24/h3-4,7,9-10,14H,5-6,8H2,1-2H3,(H,25,32)(H,26,30)(H,27,31)(H,28,33)/t9-,10+,14?/m1/s1. The number of ketones is 1. The fraction of sp³-hybridized carbons (Fsp3) is 0.450. The lowest BCUT2D eigenvalue weighted by Gasteiger charge is -2.20. The molecule has 10 nitrogen and oxygen atoms in total. The van der Waals surface area contributed by atoms with Gasteiger partial charge in [0.05, 0.1) is 17.3 Å². The molecule has 14 heteroatoms. The maximum atomic E-state index is 12.9. The molecule has 4 amide bonds. The van der Waals surface area contributed by atoms with Crippen LogP contribution in [0.25, 0.3) is 0 Å². The second-order valence-corrected chi connectivity index (χ2v) is 7.99. The van der Waals surface area contributed by atoms with Crippen molar-refractivity contribution in [3.8, 4) is 0 Å². The van der Waals surface area contributed by atoms with Gasteiger partial charge >= 0.3 is 12.3 Å². The Morgan fingerprint density at radius 2 is 1.94 bits per heavy atom. The van der Waals surface area contributed by atoms with E-state index in [1.54, 1.807) is 6.92 Å². The van der Waals surface area contributed by atoms with E-state index in [1.165, 1.54) is 13.1 Å². The number of rotatable bonds is 8. The molecule has 4 N–H and O–H groups in total. The Bertz CT molecular complexity index is 988. The number of carbonyl (C=O) groups excluding carboxylic acids is 5. The van der Waals surface area contributed by atoms with Crippen molar-refractivity contribution in [3.05, 3.63) is 28.8 Å². The molecule has 1 saturated heterocycles. The number of hydrogen-bond acceptors (Lipinski definition) is 6. The number of ether oxygens (including phenoxy) is 1. The van der Waals surface area contributed by atoms with Crippen molar-refractivity contribution in [2.75, 3.05) is 19.0 Å². The fourth-order valence-corrected chi connectivity index (χ4v) is 3.47. The number of carbonyl (C=O) groups is 5. The summed E-state index contributed by atoms with van der Waals surface area (Å²) in [5.74, 6) is -3.97. The molecule has 0 saturated carbocycles. The number of amides is 4. The molecule has 1 fully saturated rings. The van der Waals surface area contributed by atoms with Gasteiger partial charge in [-0.2, -0.15) is 13.2 Å². The summed E-state index contributed by atoms with van der Waals surface area (Å²) in [6, 6.07) is 1.94. The van der Waals surface area contributed by atoms with Crippen molar-refractivity contribution in [2.45, 2.75) is 38.0 Å². The topological polar surface area (TPSA) is 143 Å². The molecule has 0 aliphatic carbocycles. The summed E-state index contributed by atoms with van der Waals surface area (Å²) >= 11 is 5.91. The van der Waals surface area contributed by atoms with Gasteiger partial charge in [0, 0.05) is 24.0 Å². The van der Waals surface area contributed by atoms with Crippen molar-refractivity contribution < 1.29 is 41.9 Å². The van der Waals surface area contributed by atoms with Crippen LogP contribution < -0.4 is 21.3 Å². The van der Waals surface area contributed by atoms with Gasteiger partial charge in [0.15, 0.2) is 6.61 Å². The van der Waals surface area contributed by atoms with Crippen LogP contribution in [0.5, 0.6) is 0 Å². The van der Waals surface area contributed by atoms with E-state index in [1.807, 2.05) is 5.32 Å². The minimum atomic E-state index is -4.75. The molecule has 0 spiro atoms. The van der Waals surface area contributed by atoms with Crippen molar-refractivity contribution in [1.29, 1.82) is 0 Å². The molecule has 0 radical (unpaired) electrons. The minimum absolute atomic E-state index is 0.0394. The molecule has 0 bridgehead atoms. The quantitative estimate of drug-likeness (QED) is 0.396. The van der Waals surface area contributed by atoms with E-state index in [4.69, 9.17) is 11.6 Å². The third-order valence-electron chi connectivity index (χ3n) is 4.82. The lowest BCUT2D eigenvalue weighted by Crippen LogP contribution is -2.48. The average molecular weight is 507 g/mol. The lowest BCUT2D eigenvalue weighted by atomic mass is 9.93. The van der Waals surface area contributed by atoms with Gasteiger partial charge in [0.1, 0.15) is 0 Å². The van der Waals surface area contributed by atoms with Crippen molar-refractivity contribution in [1.82, 2.24) is 16.0 Å². The third-order valence-corrected chi connectivity index (χ3v) is 5.06. The molecule has 186 valence electrons. The average Bonchev–Trinajstić information content (AvgIpc) is 3.07. The highest BCUT2D eigenvalue weighted by atomic mass is 35.5. The first-order valence-corrected chi connectivity index (χ1v) is 10.4. The molecule has 0 aromatic heterocycles. The Morgan fingerprint density at radius 1 is 1.26 bits per heavy atom. The lowest BCUT2D eigenvalue weighted by molar-refractivity contribution is -0.159. The molecule has 1 aromatic carbocycles. The van der Waals surface area contributed by atoms with E-state index in [9.17, 15) is 37.1 Å². The number of nitrogens with one attached hydrogen (secondary N) is 4. The third kappa shape index (κ3) is 7.61. The molecule has 1 aliphatic heterocycles. The van der Waals surface area contributed by atoms with Crippen LogP contribution in [0.1, 0.15) is 30.1 Å². The van der Waals surface area contributed by atoms with Gasteiger partial charge in [-0.1, -0.05) is 11.6 Å². The van der Waals surface area contributed by atoms with Crippen LogP contribution in [0, 0.1) is 5.92 Å². The first kappa shape index (κ1) is 26.9. The van der Waals surface area contributed by atoms with Crippen LogP contribution in [0.2, 0.25) is 5.02 Å². The molecule has 3 atom stereocenters. The predicted octanol–water partition coefficient (Wildman–Crippen LogP) is 1.78. The Labute approximate surface area is 196 Å². The van der Waals surface area contributed by atoms with Gasteiger partial charge in [-0.15, -0.1) is 0 Å². The SMILES string of the molecule is CNC(=O)C(=O)C(C[C@@H]1C[C@@H](C)NC1=O)NC(=O)c1cc(Cl)ccc1NC(=O)OCC(F)(F)F. The van der Waals surface area contributed by atoms with Crippen LogP contribution in [-0.2, 0) is 19.1 Å². The summed E-state index contributed by atoms with van der Waals surface area (Å²) in [6.45, 7) is -0.0909. The smallest absolute Gasteiger partial charge is 0.422 e. The van der Waals surface area contributed by atoms with Crippen LogP contribution in [-0.4, -0.2) is 61.5 Å². The highest BCUT2D eigenvalue weighted by molar-refractivity contribution is 6.38. The van der Waals surface area contributed by atoms with Gasteiger partial charge in [0.25, 0.3) is 11.8 Å². The van der Waals surface area contributed by atoms with E-state index in [-0.39, 0.29) is 34.6 Å². The predicted molar refractivity (Wildman–Crippen MR) is 113 cm³/mol. The van der Waals surface area contributed by atoms with E-state index >= 15 is 0 Å². The Kier molecular flexibility index (Phi) is 8.85. The van der Waals surface area contributed by atoms with Crippen LogP contribution in [0.15, 0.2) is 18.2 Å². The summed E-state index contributed by atoms with van der Waals surface area (Å²) in [7, 11) is 1.22. The number of benzene rings is 1. The number of alkyl halides is 3. The van der Waals surface area contributed by atoms with Gasteiger partial charge < -0.3 is 20.7 Å². The zero-order valence-corrected chi connectivity index (χ0v) is 18.8. The highest BCUT2D eigenvalue weighted by Gasteiger charge is 2.36. The van der Waals surface area contributed by atoms with E-state index < -0.39 is 48.4 Å². The summed E-state index contributed by atoms with van der Waals surface area (Å²) in [4.78, 5) is 61.2. The first-order valence-electron chi connectivity index (χ1n) is 9.98. The number of hydrogen-bond donors (Lipinski definition) is 4.